The van der Waals surface area contributed by atoms with Crippen LogP contribution in [0.15, 0.2) is 28.0 Å². The average Bonchev–Trinajstić information content (AvgIpc) is 2.61. The normalized spacial score (nSPS) is 20.8. The van der Waals surface area contributed by atoms with Gasteiger partial charge in [-0.3, -0.25) is 9.59 Å². The highest BCUT2D eigenvalue weighted by molar-refractivity contribution is 8.01. The zero-order valence-electron chi connectivity index (χ0n) is 14.2. The number of fused-ring (bicyclic) bond motifs is 1. The molecule has 2 heterocycles. The minimum absolute atomic E-state index is 0.00242. The van der Waals surface area contributed by atoms with Crippen molar-refractivity contribution in [3.05, 3.63) is 18.2 Å². The van der Waals surface area contributed by atoms with E-state index in [9.17, 15) is 18.0 Å². The second-order valence-corrected chi connectivity index (χ2v) is 9.91. The van der Waals surface area contributed by atoms with Crippen LogP contribution in [0.3, 0.4) is 0 Å². The predicted molar refractivity (Wildman–Crippen MR) is 97.5 cm³/mol. The SMILES string of the molecule is C[C@H]1Sc2ccc(S(=O)(=O)CCC(=O)N3CCCCC3)cc2NC1=O. The number of hydrogen-bond acceptors (Lipinski definition) is 5. The lowest BCUT2D eigenvalue weighted by Crippen LogP contribution is -2.36. The van der Waals surface area contributed by atoms with E-state index in [2.05, 4.69) is 5.32 Å². The Morgan fingerprint density at radius 3 is 2.72 bits per heavy atom. The van der Waals surface area contributed by atoms with Crippen molar-refractivity contribution in [1.82, 2.24) is 4.90 Å². The first kappa shape index (κ1) is 18.3. The highest BCUT2D eigenvalue weighted by atomic mass is 32.2. The van der Waals surface area contributed by atoms with Crippen molar-refractivity contribution in [3.8, 4) is 0 Å². The first-order valence-electron chi connectivity index (χ1n) is 8.49. The lowest BCUT2D eigenvalue weighted by Gasteiger charge is -2.26. The summed E-state index contributed by atoms with van der Waals surface area (Å²) in [6, 6.07) is 4.76. The molecular formula is C17H22N2O4S2. The Kier molecular flexibility index (Phi) is 5.38. The zero-order valence-corrected chi connectivity index (χ0v) is 15.8. The molecule has 1 aromatic rings. The van der Waals surface area contributed by atoms with Crippen LogP contribution in [0.4, 0.5) is 5.69 Å². The maximum Gasteiger partial charge on any atom is 0.237 e. The first-order chi connectivity index (χ1) is 11.9. The van der Waals surface area contributed by atoms with Gasteiger partial charge in [0, 0.05) is 24.4 Å². The highest BCUT2D eigenvalue weighted by Gasteiger charge is 2.26. The van der Waals surface area contributed by atoms with Crippen molar-refractivity contribution in [2.75, 3.05) is 24.2 Å². The number of carbonyl (C=O) groups excluding carboxylic acids is 2. The van der Waals surface area contributed by atoms with Gasteiger partial charge in [-0.1, -0.05) is 0 Å². The summed E-state index contributed by atoms with van der Waals surface area (Å²) in [6.07, 6.45) is 3.09. The highest BCUT2D eigenvalue weighted by Crippen LogP contribution is 2.36. The average molecular weight is 383 g/mol. The van der Waals surface area contributed by atoms with Crippen molar-refractivity contribution in [2.24, 2.45) is 0 Å². The molecule has 0 spiro atoms. The lowest BCUT2D eigenvalue weighted by atomic mass is 10.1. The van der Waals surface area contributed by atoms with Crippen LogP contribution >= 0.6 is 11.8 Å². The molecule has 6 nitrogen and oxygen atoms in total. The fourth-order valence-electron chi connectivity index (χ4n) is 3.02. The van der Waals surface area contributed by atoms with E-state index in [0.717, 1.165) is 37.2 Å². The Balaban J connectivity index is 1.69. The topological polar surface area (TPSA) is 83.6 Å². The summed E-state index contributed by atoms with van der Waals surface area (Å²) >= 11 is 1.41. The van der Waals surface area contributed by atoms with E-state index in [0.29, 0.717) is 5.69 Å². The molecule has 0 bridgehead atoms. The smallest absolute Gasteiger partial charge is 0.237 e. The molecule has 0 radical (unpaired) electrons. The van der Waals surface area contributed by atoms with Gasteiger partial charge in [-0.05, 0) is 44.4 Å². The minimum atomic E-state index is -3.57. The maximum atomic E-state index is 12.6. The van der Waals surface area contributed by atoms with Crippen molar-refractivity contribution >= 4 is 39.1 Å². The number of thioether (sulfide) groups is 1. The summed E-state index contributed by atoms with van der Waals surface area (Å²) in [6.45, 7) is 3.25. The van der Waals surface area contributed by atoms with E-state index in [1.807, 2.05) is 0 Å². The third-order valence-corrected chi connectivity index (χ3v) is 7.43. The third kappa shape index (κ3) is 4.17. The van der Waals surface area contributed by atoms with Crippen LogP contribution in [0.25, 0.3) is 0 Å². The van der Waals surface area contributed by atoms with E-state index in [-0.39, 0.29) is 34.1 Å². The number of benzene rings is 1. The number of carbonyl (C=O) groups is 2. The van der Waals surface area contributed by atoms with Gasteiger partial charge in [-0.15, -0.1) is 11.8 Å². The van der Waals surface area contributed by atoms with Crippen molar-refractivity contribution in [2.45, 2.75) is 47.6 Å². The van der Waals surface area contributed by atoms with E-state index in [1.165, 1.54) is 17.8 Å². The molecule has 1 saturated heterocycles. The predicted octanol–water partition coefficient (Wildman–Crippen LogP) is 2.30. The van der Waals surface area contributed by atoms with Gasteiger partial charge in [0.1, 0.15) is 0 Å². The van der Waals surface area contributed by atoms with E-state index >= 15 is 0 Å². The summed E-state index contributed by atoms with van der Waals surface area (Å²) in [5.74, 6) is -0.440. The monoisotopic (exact) mass is 382 g/mol. The van der Waals surface area contributed by atoms with Gasteiger partial charge < -0.3 is 10.2 Å². The van der Waals surface area contributed by atoms with E-state index in [1.54, 1.807) is 24.0 Å². The standard InChI is InChI=1S/C17H22N2O4S2/c1-12-17(21)18-14-11-13(5-6-15(14)24-12)25(22,23)10-7-16(20)19-8-3-2-4-9-19/h5-6,11-12H,2-4,7-10H2,1H3,(H,18,21)/t12-/m1/s1. The van der Waals surface area contributed by atoms with Gasteiger partial charge in [0.2, 0.25) is 11.8 Å². The number of rotatable bonds is 4. The molecule has 25 heavy (non-hydrogen) atoms. The van der Waals surface area contributed by atoms with E-state index < -0.39 is 9.84 Å². The molecule has 3 rings (SSSR count). The van der Waals surface area contributed by atoms with Gasteiger partial charge in [0.05, 0.1) is 21.6 Å². The molecule has 1 fully saturated rings. The van der Waals surface area contributed by atoms with Crippen LogP contribution < -0.4 is 5.32 Å². The third-order valence-electron chi connectivity index (χ3n) is 4.53. The molecule has 2 amide bonds. The Labute approximate surface area is 152 Å². The summed E-state index contributed by atoms with van der Waals surface area (Å²) in [5, 5.41) is 2.54. The molecule has 1 N–H and O–H groups in total. The van der Waals surface area contributed by atoms with Crippen LogP contribution in [0.2, 0.25) is 0 Å². The Bertz CT molecular complexity index is 786. The molecule has 0 saturated carbocycles. The van der Waals surface area contributed by atoms with Crippen LogP contribution in [-0.4, -0.2) is 49.2 Å². The molecule has 2 aliphatic rings. The van der Waals surface area contributed by atoms with Gasteiger partial charge in [0.15, 0.2) is 9.84 Å². The lowest BCUT2D eigenvalue weighted by molar-refractivity contribution is -0.131. The number of amides is 2. The maximum absolute atomic E-state index is 12.6. The largest absolute Gasteiger partial charge is 0.343 e. The Morgan fingerprint density at radius 1 is 1.28 bits per heavy atom. The fourth-order valence-corrected chi connectivity index (χ4v) is 5.20. The van der Waals surface area contributed by atoms with Crippen LogP contribution in [0, 0.1) is 0 Å². The number of hydrogen-bond donors (Lipinski definition) is 1. The van der Waals surface area contributed by atoms with Crippen molar-refractivity contribution in [3.63, 3.8) is 0 Å². The van der Waals surface area contributed by atoms with Crippen LogP contribution in [-0.2, 0) is 19.4 Å². The number of nitrogens with zero attached hydrogens (tertiary/aromatic N) is 1. The fraction of sp³-hybridized carbons (Fsp3) is 0.529. The first-order valence-corrected chi connectivity index (χ1v) is 11.0. The molecule has 8 heteroatoms. The second-order valence-electron chi connectivity index (χ2n) is 6.42. The van der Waals surface area contributed by atoms with Gasteiger partial charge >= 0.3 is 0 Å². The second kappa shape index (κ2) is 7.37. The molecule has 0 unspecified atom stereocenters. The van der Waals surface area contributed by atoms with E-state index in [4.69, 9.17) is 0 Å². The summed E-state index contributed by atoms with van der Waals surface area (Å²) in [7, 11) is -3.57. The van der Waals surface area contributed by atoms with Gasteiger partial charge in [0.25, 0.3) is 0 Å². The summed E-state index contributed by atoms with van der Waals surface area (Å²) in [4.78, 5) is 26.7. The number of likely N-dealkylation sites (tertiary alicyclic amines) is 1. The molecule has 1 atom stereocenters. The molecular weight excluding hydrogens is 360 g/mol. The van der Waals surface area contributed by atoms with Crippen molar-refractivity contribution in [1.29, 1.82) is 0 Å². The molecule has 1 aromatic carbocycles. The zero-order chi connectivity index (χ0) is 18.0. The molecule has 0 aliphatic carbocycles. The molecule has 2 aliphatic heterocycles. The Morgan fingerprint density at radius 2 is 2.00 bits per heavy atom. The quantitative estimate of drug-likeness (QED) is 0.864. The summed E-state index contributed by atoms with van der Waals surface area (Å²) < 4.78 is 25.1. The van der Waals surface area contributed by atoms with Crippen LogP contribution in [0.5, 0.6) is 0 Å². The molecule has 0 aromatic heterocycles. The van der Waals surface area contributed by atoms with Gasteiger partial charge in [-0.2, -0.15) is 0 Å². The van der Waals surface area contributed by atoms with Crippen molar-refractivity contribution < 1.29 is 18.0 Å². The Hall–Kier alpha value is -1.54. The number of sulfone groups is 1. The van der Waals surface area contributed by atoms with Crippen LogP contribution in [0.1, 0.15) is 32.6 Å². The number of anilines is 1. The minimum Gasteiger partial charge on any atom is -0.343 e. The molecule has 136 valence electrons. The van der Waals surface area contributed by atoms with Gasteiger partial charge in [-0.25, -0.2) is 8.42 Å². The number of nitrogens with one attached hydrogen (secondary N) is 1. The summed E-state index contributed by atoms with van der Waals surface area (Å²) in [5.41, 5.74) is 0.525. The number of piperidine rings is 1.